The molecular formula is C34H27FNO2+. The van der Waals surface area contributed by atoms with Crippen molar-refractivity contribution in [3.05, 3.63) is 114 Å². The van der Waals surface area contributed by atoms with Gasteiger partial charge in [0.15, 0.2) is 6.20 Å². The standard InChI is InChI=1S/C34H27FNO2/c1-20-12-14-22-23-15-17-26(35)31(33(23)38-32(22)30(20)27-10-7-8-18-36(27)4)21-13-16-25-29(19-21)37-28-11-6-5-9-24(28)34(25,2)3/h5-19H,1-4H3/q+1. The van der Waals surface area contributed by atoms with Crippen molar-refractivity contribution in [1.29, 1.82) is 0 Å². The van der Waals surface area contributed by atoms with Crippen molar-refractivity contribution in [1.82, 2.24) is 0 Å². The molecule has 0 saturated carbocycles. The predicted molar refractivity (Wildman–Crippen MR) is 149 cm³/mol. The number of halogens is 1. The lowest BCUT2D eigenvalue weighted by molar-refractivity contribution is -0.660. The zero-order valence-corrected chi connectivity index (χ0v) is 21.8. The highest BCUT2D eigenvalue weighted by molar-refractivity contribution is 6.13. The van der Waals surface area contributed by atoms with Gasteiger partial charge in [-0.25, -0.2) is 8.96 Å². The average molecular weight is 501 g/mol. The number of furan rings is 1. The van der Waals surface area contributed by atoms with Crippen LogP contribution in [0.5, 0.6) is 11.5 Å². The van der Waals surface area contributed by atoms with E-state index in [0.717, 1.165) is 61.4 Å². The van der Waals surface area contributed by atoms with Crippen LogP contribution >= 0.6 is 0 Å². The van der Waals surface area contributed by atoms with Crippen molar-refractivity contribution in [3.63, 3.8) is 0 Å². The zero-order chi connectivity index (χ0) is 26.2. The van der Waals surface area contributed by atoms with Gasteiger partial charge >= 0.3 is 0 Å². The fraction of sp³-hybridized carbons (Fsp3) is 0.147. The highest BCUT2D eigenvalue weighted by atomic mass is 19.1. The van der Waals surface area contributed by atoms with E-state index < -0.39 is 0 Å². The van der Waals surface area contributed by atoms with Gasteiger partial charge in [-0.1, -0.05) is 56.3 Å². The van der Waals surface area contributed by atoms with E-state index >= 15 is 4.39 Å². The van der Waals surface area contributed by atoms with Crippen LogP contribution < -0.4 is 9.30 Å². The van der Waals surface area contributed by atoms with E-state index in [4.69, 9.17) is 9.15 Å². The summed E-state index contributed by atoms with van der Waals surface area (Å²) < 4.78 is 30.6. The second kappa shape index (κ2) is 8.03. The minimum atomic E-state index is -0.324. The first-order valence-electron chi connectivity index (χ1n) is 12.9. The topological polar surface area (TPSA) is 26.2 Å². The highest BCUT2D eigenvalue weighted by Gasteiger charge is 2.34. The molecule has 0 N–H and O–H groups in total. The van der Waals surface area contributed by atoms with Gasteiger partial charge in [-0.3, -0.25) is 0 Å². The van der Waals surface area contributed by atoms with Gasteiger partial charge in [-0.05, 0) is 48.4 Å². The van der Waals surface area contributed by atoms with Crippen LogP contribution in [-0.4, -0.2) is 0 Å². The number of nitrogens with zero attached hydrogens (tertiary/aromatic N) is 1. The molecule has 0 fully saturated rings. The molecule has 3 nitrogen and oxygen atoms in total. The van der Waals surface area contributed by atoms with Gasteiger partial charge < -0.3 is 9.15 Å². The van der Waals surface area contributed by atoms with Gasteiger partial charge in [0.25, 0.3) is 0 Å². The Balaban J connectivity index is 1.47. The second-order valence-corrected chi connectivity index (χ2v) is 10.7. The Labute approximate surface area is 220 Å². The maximum absolute atomic E-state index is 15.6. The Morgan fingerprint density at radius 3 is 2.26 bits per heavy atom. The van der Waals surface area contributed by atoms with E-state index in [0.29, 0.717) is 11.1 Å². The minimum Gasteiger partial charge on any atom is -0.457 e. The number of aryl methyl sites for hydroxylation is 2. The molecule has 4 heteroatoms. The van der Waals surface area contributed by atoms with E-state index in [1.807, 2.05) is 61.8 Å². The van der Waals surface area contributed by atoms with E-state index in [1.165, 1.54) is 6.07 Å². The van der Waals surface area contributed by atoms with Crippen molar-refractivity contribution in [2.45, 2.75) is 26.2 Å². The summed E-state index contributed by atoms with van der Waals surface area (Å²) in [4.78, 5) is 0. The first-order valence-corrected chi connectivity index (χ1v) is 12.9. The van der Waals surface area contributed by atoms with Crippen molar-refractivity contribution < 1.29 is 18.1 Å². The largest absolute Gasteiger partial charge is 0.457 e. The molecular weight excluding hydrogens is 473 g/mol. The molecule has 0 aliphatic carbocycles. The number of hydrogen-bond acceptors (Lipinski definition) is 2. The molecule has 7 rings (SSSR count). The van der Waals surface area contributed by atoms with Gasteiger partial charge in [0.2, 0.25) is 5.69 Å². The lowest BCUT2D eigenvalue weighted by Crippen LogP contribution is -2.30. The molecule has 38 heavy (non-hydrogen) atoms. The van der Waals surface area contributed by atoms with Crippen LogP contribution in [0.25, 0.3) is 44.3 Å². The monoisotopic (exact) mass is 500 g/mol. The predicted octanol–water partition coefficient (Wildman–Crippen LogP) is 8.62. The number of para-hydroxylation sites is 1. The molecule has 186 valence electrons. The van der Waals surface area contributed by atoms with Crippen LogP contribution in [0.15, 0.2) is 95.5 Å². The summed E-state index contributed by atoms with van der Waals surface area (Å²) in [7, 11) is 2.02. The molecule has 0 saturated heterocycles. The summed E-state index contributed by atoms with van der Waals surface area (Å²) in [5, 5.41) is 1.86. The van der Waals surface area contributed by atoms with Crippen molar-refractivity contribution in [2.75, 3.05) is 0 Å². The quantitative estimate of drug-likeness (QED) is 0.223. The molecule has 3 heterocycles. The number of benzene rings is 4. The van der Waals surface area contributed by atoms with E-state index in [-0.39, 0.29) is 11.2 Å². The number of fused-ring (bicyclic) bond motifs is 5. The molecule has 0 bridgehead atoms. The third-order valence-corrected chi connectivity index (χ3v) is 8.00. The molecule has 0 amide bonds. The van der Waals surface area contributed by atoms with Crippen molar-refractivity contribution in [2.24, 2.45) is 7.05 Å². The summed E-state index contributed by atoms with van der Waals surface area (Å²) in [6, 6.07) is 27.7. The third kappa shape index (κ3) is 3.16. The van der Waals surface area contributed by atoms with Gasteiger partial charge in [0.1, 0.15) is 35.5 Å². The smallest absolute Gasteiger partial charge is 0.216 e. The Morgan fingerprint density at radius 2 is 1.45 bits per heavy atom. The number of rotatable bonds is 2. The molecule has 0 atom stereocenters. The Bertz CT molecular complexity index is 1910. The lowest BCUT2D eigenvalue weighted by atomic mass is 9.75. The molecule has 0 spiro atoms. The first-order chi connectivity index (χ1) is 18.3. The van der Waals surface area contributed by atoms with Gasteiger partial charge in [-0.15, -0.1) is 0 Å². The fourth-order valence-corrected chi connectivity index (χ4v) is 5.96. The summed E-state index contributed by atoms with van der Waals surface area (Å²) in [6.07, 6.45) is 2.02. The van der Waals surface area contributed by atoms with Gasteiger partial charge in [0.05, 0.1) is 11.1 Å². The molecule has 1 aliphatic heterocycles. The van der Waals surface area contributed by atoms with E-state index in [9.17, 15) is 0 Å². The Hall–Kier alpha value is -4.44. The Kier molecular flexibility index (Phi) is 4.80. The summed E-state index contributed by atoms with van der Waals surface area (Å²) in [5.74, 6) is 1.25. The van der Waals surface area contributed by atoms with Crippen LogP contribution in [-0.2, 0) is 12.5 Å². The highest BCUT2D eigenvalue weighted by Crippen LogP contribution is 2.49. The molecule has 0 unspecified atom stereocenters. The average Bonchev–Trinajstić information content (AvgIpc) is 3.27. The third-order valence-electron chi connectivity index (χ3n) is 8.00. The van der Waals surface area contributed by atoms with Crippen LogP contribution in [0.4, 0.5) is 4.39 Å². The van der Waals surface area contributed by atoms with E-state index in [2.05, 4.69) is 55.7 Å². The van der Waals surface area contributed by atoms with Gasteiger partial charge in [0, 0.05) is 39.4 Å². The van der Waals surface area contributed by atoms with Gasteiger partial charge in [-0.2, -0.15) is 0 Å². The molecule has 1 aliphatic rings. The normalized spacial score (nSPS) is 13.8. The molecule has 2 aromatic heterocycles. The van der Waals surface area contributed by atoms with Crippen molar-refractivity contribution in [3.8, 4) is 33.9 Å². The van der Waals surface area contributed by atoms with Crippen LogP contribution in [0.2, 0.25) is 0 Å². The molecule has 4 aromatic carbocycles. The number of pyridine rings is 1. The second-order valence-electron chi connectivity index (χ2n) is 10.7. The fourth-order valence-electron chi connectivity index (χ4n) is 5.96. The zero-order valence-electron chi connectivity index (χ0n) is 21.8. The molecule has 6 aromatic rings. The summed E-state index contributed by atoms with van der Waals surface area (Å²) >= 11 is 0. The van der Waals surface area contributed by atoms with E-state index in [1.54, 1.807) is 0 Å². The Morgan fingerprint density at radius 1 is 0.737 bits per heavy atom. The lowest BCUT2D eigenvalue weighted by Gasteiger charge is -2.34. The molecule has 0 radical (unpaired) electrons. The summed E-state index contributed by atoms with van der Waals surface area (Å²) in [5.41, 5.74) is 7.62. The van der Waals surface area contributed by atoms with Crippen LogP contribution in [0.1, 0.15) is 30.5 Å². The maximum Gasteiger partial charge on any atom is 0.216 e. The van der Waals surface area contributed by atoms with Crippen LogP contribution in [0, 0.1) is 12.7 Å². The van der Waals surface area contributed by atoms with Crippen LogP contribution in [0.3, 0.4) is 0 Å². The number of ether oxygens (including phenoxy) is 1. The summed E-state index contributed by atoms with van der Waals surface area (Å²) in [6.45, 7) is 6.47. The maximum atomic E-state index is 15.6. The number of hydrogen-bond donors (Lipinski definition) is 0. The SMILES string of the molecule is Cc1ccc2c(oc3c(-c4ccc5c(c4)Oc4ccccc4C5(C)C)c(F)ccc32)c1-c1cccc[n+]1C. The minimum absolute atomic E-state index is 0.232. The van der Waals surface area contributed by atoms with Crippen molar-refractivity contribution >= 4 is 21.9 Å². The first kappa shape index (κ1) is 22.7. The number of aromatic nitrogens is 1.